The van der Waals surface area contributed by atoms with E-state index in [4.69, 9.17) is 15.9 Å². The molecule has 1 heterocycles. The van der Waals surface area contributed by atoms with Crippen molar-refractivity contribution in [3.05, 3.63) is 85.0 Å². The van der Waals surface area contributed by atoms with Crippen LogP contribution in [0.25, 0.3) is 11.1 Å². The van der Waals surface area contributed by atoms with E-state index in [1.165, 1.54) is 17.1 Å². The summed E-state index contributed by atoms with van der Waals surface area (Å²) >= 11 is 0. The number of benzene rings is 2. The molecular formula is C44H60N8O8. The van der Waals surface area contributed by atoms with E-state index in [-0.39, 0.29) is 69.1 Å². The van der Waals surface area contributed by atoms with Gasteiger partial charge in [0, 0.05) is 19.0 Å². The largest absolute Gasteiger partial charge is 0.480 e. The van der Waals surface area contributed by atoms with Crippen LogP contribution in [0.3, 0.4) is 0 Å². The number of hydrogen-bond acceptors (Lipinski definition) is 8. The van der Waals surface area contributed by atoms with E-state index in [0.29, 0.717) is 19.3 Å². The third-order valence-corrected chi connectivity index (χ3v) is 10.6. The minimum absolute atomic E-state index is 0.0500. The van der Waals surface area contributed by atoms with Crippen molar-refractivity contribution >= 4 is 41.7 Å². The molecule has 0 saturated carbocycles. The minimum Gasteiger partial charge on any atom is -0.480 e. The summed E-state index contributed by atoms with van der Waals surface area (Å²) in [6.07, 6.45) is 3.95. The third-order valence-electron chi connectivity index (χ3n) is 10.6. The minimum atomic E-state index is -1.28. The van der Waals surface area contributed by atoms with Gasteiger partial charge < -0.3 is 47.1 Å². The molecule has 1 saturated heterocycles. The summed E-state index contributed by atoms with van der Waals surface area (Å²) in [7, 11) is 0. The highest BCUT2D eigenvalue weighted by molar-refractivity contribution is 5.96. The summed E-state index contributed by atoms with van der Waals surface area (Å²) in [5.41, 5.74) is 9.39. The van der Waals surface area contributed by atoms with Gasteiger partial charge in [0.25, 0.3) is 0 Å². The predicted octanol–water partition coefficient (Wildman–Crippen LogP) is 3.67. The van der Waals surface area contributed by atoms with E-state index >= 15 is 0 Å². The summed E-state index contributed by atoms with van der Waals surface area (Å²) in [6.45, 7) is 13.8. The first-order valence-electron chi connectivity index (χ1n) is 20.4. The van der Waals surface area contributed by atoms with Gasteiger partial charge in [-0.25, -0.2) is 9.59 Å². The van der Waals surface area contributed by atoms with Crippen LogP contribution in [-0.4, -0.2) is 102 Å². The summed E-state index contributed by atoms with van der Waals surface area (Å²) in [5, 5.41) is 30.3. The van der Waals surface area contributed by atoms with Gasteiger partial charge in [-0.3, -0.25) is 24.6 Å². The lowest BCUT2D eigenvalue weighted by Gasteiger charge is -2.30. The Balaban J connectivity index is 1.45. The van der Waals surface area contributed by atoms with Crippen LogP contribution in [0.1, 0.15) is 89.2 Å². The number of carboxylic acids is 1. The summed E-state index contributed by atoms with van der Waals surface area (Å²) in [5.74, 6) is -4.21. The van der Waals surface area contributed by atoms with Gasteiger partial charge in [-0.2, -0.15) is 0 Å². The Hall–Kier alpha value is -6.19. The van der Waals surface area contributed by atoms with Gasteiger partial charge >= 0.3 is 12.1 Å². The summed E-state index contributed by atoms with van der Waals surface area (Å²) < 4.78 is 5.71. The molecule has 0 radical (unpaired) electrons. The molecular weight excluding hydrogens is 769 g/mol. The second kappa shape index (κ2) is 21.7. The molecule has 1 unspecified atom stereocenters. The molecule has 5 atom stereocenters. The maximum atomic E-state index is 14.1. The summed E-state index contributed by atoms with van der Waals surface area (Å²) in [4.78, 5) is 81.9. The van der Waals surface area contributed by atoms with Crippen LogP contribution in [0.15, 0.2) is 73.8 Å². The molecule has 1 fully saturated rings. The average Bonchev–Trinajstić information content (AvgIpc) is 3.82. The van der Waals surface area contributed by atoms with Gasteiger partial charge in [0.1, 0.15) is 36.8 Å². The van der Waals surface area contributed by atoms with Crippen LogP contribution in [0.5, 0.6) is 0 Å². The Morgan fingerprint density at radius 1 is 0.867 bits per heavy atom. The zero-order chi connectivity index (χ0) is 44.0. The van der Waals surface area contributed by atoms with Gasteiger partial charge in [0.2, 0.25) is 23.6 Å². The van der Waals surface area contributed by atoms with Crippen LogP contribution in [0, 0.1) is 10.8 Å². The van der Waals surface area contributed by atoms with E-state index in [0.717, 1.165) is 22.3 Å². The quantitative estimate of drug-likeness (QED) is 0.0393. The van der Waals surface area contributed by atoms with Crippen molar-refractivity contribution in [2.45, 2.75) is 108 Å². The number of alkyl carbamates (subject to hydrolysis) is 1. The van der Waals surface area contributed by atoms with E-state index in [2.05, 4.69) is 39.7 Å². The molecule has 324 valence electrons. The normalized spacial score (nSPS) is 16.4. The first kappa shape index (κ1) is 46.5. The van der Waals surface area contributed by atoms with Crippen LogP contribution < -0.4 is 32.3 Å². The molecule has 0 aromatic heterocycles. The maximum Gasteiger partial charge on any atom is 0.407 e. The molecule has 2 aromatic carbocycles. The SMILES string of the molecule is C=CC[C@H](NC(=O)[C@H](CCCNC(=N)N)NC(=O)[C@H](CCC(C)(C)C)NC(=O)C1CCCN1C(=O)[C@H](CC=C)NC(=O)OCC1c2ccccc2-c2ccccc21)C(=O)O. The molecule has 0 spiro atoms. The summed E-state index contributed by atoms with van der Waals surface area (Å²) in [6, 6.07) is 10.3. The van der Waals surface area contributed by atoms with Crippen molar-refractivity contribution in [3.8, 4) is 11.1 Å². The highest BCUT2D eigenvalue weighted by Gasteiger charge is 2.40. The maximum absolute atomic E-state index is 14.1. The Morgan fingerprint density at radius 3 is 2.00 bits per heavy atom. The highest BCUT2D eigenvalue weighted by atomic mass is 16.5. The molecule has 0 bridgehead atoms. The van der Waals surface area contributed by atoms with Crippen LogP contribution in [-0.2, 0) is 28.7 Å². The standard InChI is InChI=1S/C44H60N8O8/c1-6-14-34(51-43(59)60-26-31-29-18-10-8-16-27(29)28-17-9-11-19-30(28)31)40(56)52-25-13-21-36(52)39(55)49-33(22-23-44(3,4)5)38(54)48-32(20-12-24-47-42(45)46)37(53)50-35(15-7-2)41(57)58/h6-11,16-19,31-36H,1-2,12-15,20-26H2,3-5H3,(H,48,54)(H,49,55)(H,50,53)(H,51,59)(H,57,58)(H4,45,46,47)/t32-,33-,34-,35-,36?/m0/s1. The van der Waals surface area contributed by atoms with Gasteiger partial charge in [0.05, 0.1) is 0 Å². The van der Waals surface area contributed by atoms with Crippen molar-refractivity contribution in [1.29, 1.82) is 5.41 Å². The van der Waals surface area contributed by atoms with Crippen LogP contribution in [0.4, 0.5) is 4.79 Å². The number of nitrogens with two attached hydrogens (primary N) is 1. The van der Waals surface area contributed by atoms with Crippen molar-refractivity contribution in [1.82, 2.24) is 31.5 Å². The number of nitrogens with zero attached hydrogens (tertiary/aromatic N) is 1. The van der Waals surface area contributed by atoms with E-state index in [1.54, 1.807) is 0 Å². The van der Waals surface area contributed by atoms with Crippen molar-refractivity contribution < 1.29 is 38.6 Å². The molecule has 5 amide bonds. The van der Waals surface area contributed by atoms with Crippen molar-refractivity contribution in [2.75, 3.05) is 19.7 Å². The topological polar surface area (TPSA) is 245 Å². The Labute approximate surface area is 351 Å². The molecule has 4 rings (SSSR count). The first-order chi connectivity index (χ1) is 28.5. The number of nitrogens with one attached hydrogen (secondary N) is 6. The fourth-order valence-corrected chi connectivity index (χ4v) is 7.52. The van der Waals surface area contributed by atoms with Crippen LogP contribution in [0.2, 0.25) is 0 Å². The number of likely N-dealkylation sites (tertiary alicyclic amines) is 1. The van der Waals surface area contributed by atoms with Crippen molar-refractivity contribution in [2.24, 2.45) is 11.1 Å². The highest BCUT2D eigenvalue weighted by Crippen LogP contribution is 2.44. The Kier molecular flexibility index (Phi) is 16.8. The average molecular weight is 829 g/mol. The number of ether oxygens (including phenoxy) is 1. The third kappa shape index (κ3) is 12.9. The smallest absolute Gasteiger partial charge is 0.407 e. The molecule has 2 aromatic rings. The number of fused-ring (bicyclic) bond motifs is 3. The molecule has 1 aliphatic carbocycles. The lowest BCUT2D eigenvalue weighted by atomic mass is 9.88. The second-order valence-electron chi connectivity index (χ2n) is 16.4. The zero-order valence-corrected chi connectivity index (χ0v) is 34.8. The zero-order valence-electron chi connectivity index (χ0n) is 34.8. The lowest BCUT2D eigenvalue weighted by molar-refractivity contribution is -0.142. The van der Waals surface area contributed by atoms with Crippen LogP contribution >= 0.6 is 0 Å². The first-order valence-corrected chi connectivity index (χ1v) is 20.4. The van der Waals surface area contributed by atoms with Gasteiger partial charge in [0.15, 0.2) is 5.96 Å². The van der Waals surface area contributed by atoms with Gasteiger partial charge in [-0.1, -0.05) is 81.5 Å². The van der Waals surface area contributed by atoms with Gasteiger partial charge in [-0.15, -0.1) is 13.2 Å². The second-order valence-corrected chi connectivity index (χ2v) is 16.4. The number of rotatable bonds is 21. The predicted molar refractivity (Wildman–Crippen MR) is 228 cm³/mol. The molecule has 16 heteroatoms. The Morgan fingerprint density at radius 2 is 1.43 bits per heavy atom. The fourth-order valence-electron chi connectivity index (χ4n) is 7.52. The monoisotopic (exact) mass is 828 g/mol. The number of carboxylic acid groups (broad SMARTS) is 1. The molecule has 9 N–H and O–H groups in total. The molecule has 1 aliphatic heterocycles. The number of amides is 5. The lowest BCUT2D eigenvalue weighted by Crippen LogP contribution is -2.58. The van der Waals surface area contributed by atoms with Gasteiger partial charge in [-0.05, 0) is 79.0 Å². The number of carbonyl (C=O) groups is 6. The Bertz CT molecular complexity index is 1870. The molecule has 16 nitrogen and oxygen atoms in total. The number of guanidine groups is 1. The van der Waals surface area contributed by atoms with Crippen molar-refractivity contribution in [3.63, 3.8) is 0 Å². The molecule has 2 aliphatic rings. The number of aliphatic carboxylic acids is 1. The fraction of sp³-hybridized carbons (Fsp3) is 0.477. The van der Waals surface area contributed by atoms with E-state index in [1.807, 2.05) is 69.3 Å². The van der Waals surface area contributed by atoms with E-state index in [9.17, 15) is 33.9 Å². The molecule has 60 heavy (non-hydrogen) atoms. The number of hydrogen-bond donors (Lipinski definition) is 8. The number of carbonyl (C=O) groups excluding carboxylic acids is 5. The van der Waals surface area contributed by atoms with E-state index < -0.39 is 65.9 Å².